The van der Waals surface area contributed by atoms with Gasteiger partial charge in [0.1, 0.15) is 29.0 Å². The summed E-state index contributed by atoms with van der Waals surface area (Å²) >= 11 is 0. The molecule has 140 valence electrons. The average Bonchev–Trinajstić information content (AvgIpc) is 2.63. The summed E-state index contributed by atoms with van der Waals surface area (Å²) in [5, 5.41) is 6.60. The molecule has 1 aromatic heterocycles. The maximum atomic E-state index is 13.0. The Kier molecular flexibility index (Phi) is 5.86. The number of benzene rings is 2. The van der Waals surface area contributed by atoms with Crippen molar-refractivity contribution in [3.05, 3.63) is 71.3 Å². The number of hydrogen-bond donors (Lipinski definition) is 2. The van der Waals surface area contributed by atoms with E-state index in [9.17, 15) is 4.39 Å². The van der Waals surface area contributed by atoms with E-state index in [1.165, 1.54) is 12.1 Å². The van der Waals surface area contributed by atoms with E-state index in [4.69, 9.17) is 4.74 Å². The predicted molar refractivity (Wildman–Crippen MR) is 106 cm³/mol. The summed E-state index contributed by atoms with van der Waals surface area (Å²) in [7, 11) is 1.64. The number of hydrogen-bond acceptors (Lipinski definition) is 5. The molecular formula is C21H23FN4O. The molecule has 0 spiro atoms. The highest BCUT2D eigenvalue weighted by atomic mass is 19.1. The van der Waals surface area contributed by atoms with Crippen LogP contribution in [0.25, 0.3) is 0 Å². The number of anilines is 3. The zero-order valence-corrected chi connectivity index (χ0v) is 15.7. The van der Waals surface area contributed by atoms with Gasteiger partial charge in [-0.15, -0.1) is 0 Å². The highest BCUT2D eigenvalue weighted by Gasteiger charge is 2.07. The second-order valence-corrected chi connectivity index (χ2v) is 6.32. The van der Waals surface area contributed by atoms with Gasteiger partial charge in [0.2, 0.25) is 0 Å². The zero-order chi connectivity index (χ0) is 19.2. The van der Waals surface area contributed by atoms with E-state index in [1.807, 2.05) is 38.1 Å². The molecule has 5 nitrogen and oxygen atoms in total. The van der Waals surface area contributed by atoms with Crippen LogP contribution in [0.3, 0.4) is 0 Å². The predicted octanol–water partition coefficient (Wildman–Crippen LogP) is 4.64. The fraction of sp³-hybridized carbons (Fsp3) is 0.238. The van der Waals surface area contributed by atoms with E-state index in [1.54, 1.807) is 19.2 Å². The SMILES string of the molecule is COc1ccc(C)cc1Nc1cc(NCCc2ccc(F)cc2)nc(C)n1. The summed E-state index contributed by atoms with van der Waals surface area (Å²) in [4.78, 5) is 8.88. The van der Waals surface area contributed by atoms with Gasteiger partial charge >= 0.3 is 0 Å². The van der Waals surface area contributed by atoms with Crippen molar-refractivity contribution < 1.29 is 9.13 Å². The highest BCUT2D eigenvalue weighted by Crippen LogP contribution is 2.28. The van der Waals surface area contributed by atoms with E-state index in [2.05, 4.69) is 20.6 Å². The molecule has 0 aliphatic heterocycles. The third kappa shape index (κ3) is 5.17. The van der Waals surface area contributed by atoms with Crippen LogP contribution in [0.5, 0.6) is 5.75 Å². The zero-order valence-electron chi connectivity index (χ0n) is 15.7. The molecule has 3 rings (SSSR count). The quantitative estimate of drug-likeness (QED) is 0.638. The number of nitrogens with zero attached hydrogens (tertiary/aromatic N) is 2. The van der Waals surface area contributed by atoms with Crippen molar-refractivity contribution in [1.29, 1.82) is 0 Å². The molecule has 0 aliphatic rings. The number of aromatic nitrogens is 2. The Balaban J connectivity index is 1.69. The largest absolute Gasteiger partial charge is 0.495 e. The number of methoxy groups -OCH3 is 1. The summed E-state index contributed by atoms with van der Waals surface area (Å²) in [5.41, 5.74) is 3.05. The van der Waals surface area contributed by atoms with Crippen LogP contribution in [-0.4, -0.2) is 23.6 Å². The van der Waals surface area contributed by atoms with Crippen LogP contribution in [-0.2, 0) is 6.42 Å². The van der Waals surface area contributed by atoms with Gasteiger partial charge in [-0.3, -0.25) is 0 Å². The smallest absolute Gasteiger partial charge is 0.142 e. The van der Waals surface area contributed by atoms with Crippen LogP contribution < -0.4 is 15.4 Å². The first-order valence-corrected chi connectivity index (χ1v) is 8.79. The summed E-state index contributed by atoms with van der Waals surface area (Å²) in [6.45, 7) is 4.57. The number of nitrogens with one attached hydrogen (secondary N) is 2. The lowest BCUT2D eigenvalue weighted by atomic mass is 10.1. The molecular weight excluding hydrogens is 343 g/mol. The van der Waals surface area contributed by atoms with E-state index in [-0.39, 0.29) is 5.82 Å². The van der Waals surface area contributed by atoms with Crippen LogP contribution in [0.1, 0.15) is 17.0 Å². The molecule has 0 radical (unpaired) electrons. The molecule has 0 atom stereocenters. The molecule has 0 bridgehead atoms. The van der Waals surface area contributed by atoms with E-state index < -0.39 is 0 Å². The van der Waals surface area contributed by atoms with Gasteiger partial charge in [-0.25, -0.2) is 14.4 Å². The Morgan fingerprint density at radius 1 is 0.963 bits per heavy atom. The van der Waals surface area contributed by atoms with Gasteiger partial charge in [0.25, 0.3) is 0 Å². The third-order valence-corrected chi connectivity index (χ3v) is 4.09. The van der Waals surface area contributed by atoms with Crippen molar-refractivity contribution in [3.63, 3.8) is 0 Å². The monoisotopic (exact) mass is 366 g/mol. The van der Waals surface area contributed by atoms with Crippen molar-refractivity contribution >= 4 is 17.3 Å². The number of aryl methyl sites for hydroxylation is 2. The minimum absolute atomic E-state index is 0.222. The second kappa shape index (κ2) is 8.49. The second-order valence-electron chi connectivity index (χ2n) is 6.32. The molecule has 6 heteroatoms. The van der Waals surface area contributed by atoms with Crippen LogP contribution in [0.2, 0.25) is 0 Å². The average molecular weight is 366 g/mol. The van der Waals surface area contributed by atoms with E-state index in [0.29, 0.717) is 18.2 Å². The minimum atomic E-state index is -0.222. The van der Waals surface area contributed by atoms with Gasteiger partial charge in [0, 0.05) is 12.6 Å². The molecule has 2 aromatic carbocycles. The van der Waals surface area contributed by atoms with Gasteiger partial charge < -0.3 is 15.4 Å². The molecule has 27 heavy (non-hydrogen) atoms. The lowest BCUT2D eigenvalue weighted by Gasteiger charge is -2.13. The van der Waals surface area contributed by atoms with E-state index in [0.717, 1.165) is 34.8 Å². The van der Waals surface area contributed by atoms with Crippen molar-refractivity contribution in [1.82, 2.24) is 9.97 Å². The number of ether oxygens (including phenoxy) is 1. The molecule has 1 heterocycles. The molecule has 0 fully saturated rings. The Morgan fingerprint density at radius 3 is 2.44 bits per heavy atom. The summed E-state index contributed by atoms with van der Waals surface area (Å²) in [5.74, 6) is 2.62. The van der Waals surface area contributed by atoms with Gasteiger partial charge in [0.05, 0.1) is 12.8 Å². The maximum absolute atomic E-state index is 13.0. The topological polar surface area (TPSA) is 59.1 Å². The maximum Gasteiger partial charge on any atom is 0.142 e. The van der Waals surface area contributed by atoms with Crippen molar-refractivity contribution in [3.8, 4) is 5.75 Å². The first-order valence-electron chi connectivity index (χ1n) is 8.79. The van der Waals surface area contributed by atoms with Crippen molar-refractivity contribution in [2.24, 2.45) is 0 Å². The van der Waals surface area contributed by atoms with Crippen LogP contribution in [0, 0.1) is 19.7 Å². The standard InChI is InChI=1S/C21H23FN4O/c1-14-4-9-19(27-3)18(12-14)26-21-13-20(24-15(2)25-21)23-11-10-16-5-7-17(22)8-6-16/h4-9,12-13H,10-11H2,1-3H3,(H2,23,24,25,26). The van der Waals surface area contributed by atoms with Gasteiger partial charge in [-0.2, -0.15) is 0 Å². The lowest BCUT2D eigenvalue weighted by molar-refractivity contribution is 0.416. The van der Waals surface area contributed by atoms with Crippen LogP contribution in [0.15, 0.2) is 48.5 Å². The number of rotatable bonds is 7. The lowest BCUT2D eigenvalue weighted by Crippen LogP contribution is -2.08. The first kappa shape index (κ1) is 18.6. The Labute approximate surface area is 158 Å². The third-order valence-electron chi connectivity index (χ3n) is 4.09. The summed E-state index contributed by atoms with van der Waals surface area (Å²) < 4.78 is 18.4. The van der Waals surface area contributed by atoms with Crippen LogP contribution >= 0.6 is 0 Å². The molecule has 0 aliphatic carbocycles. The van der Waals surface area contributed by atoms with E-state index >= 15 is 0 Å². The summed E-state index contributed by atoms with van der Waals surface area (Å²) in [6, 6.07) is 14.3. The Bertz CT molecular complexity index is 913. The fourth-order valence-electron chi connectivity index (χ4n) is 2.77. The van der Waals surface area contributed by atoms with Crippen molar-refractivity contribution in [2.45, 2.75) is 20.3 Å². The Hall–Kier alpha value is -3.15. The fourth-order valence-corrected chi connectivity index (χ4v) is 2.77. The van der Waals surface area contributed by atoms with Gasteiger partial charge in [0.15, 0.2) is 0 Å². The first-order chi connectivity index (χ1) is 13.0. The normalized spacial score (nSPS) is 10.5. The molecule has 0 saturated heterocycles. The van der Waals surface area contributed by atoms with Gasteiger partial charge in [-0.1, -0.05) is 18.2 Å². The van der Waals surface area contributed by atoms with Crippen molar-refractivity contribution in [2.75, 3.05) is 24.3 Å². The highest BCUT2D eigenvalue weighted by molar-refractivity contribution is 5.66. The van der Waals surface area contributed by atoms with Crippen LogP contribution in [0.4, 0.5) is 21.7 Å². The molecule has 0 unspecified atom stereocenters. The molecule has 3 aromatic rings. The number of halogens is 1. The molecule has 2 N–H and O–H groups in total. The molecule has 0 amide bonds. The summed E-state index contributed by atoms with van der Waals surface area (Å²) in [6.07, 6.45) is 0.776. The Morgan fingerprint density at radius 2 is 1.70 bits per heavy atom. The molecule has 0 saturated carbocycles. The minimum Gasteiger partial charge on any atom is -0.495 e. The van der Waals surface area contributed by atoms with Gasteiger partial charge in [-0.05, 0) is 55.7 Å².